The van der Waals surface area contributed by atoms with Gasteiger partial charge in [-0.05, 0) is 38.6 Å². The van der Waals surface area contributed by atoms with Crippen LogP contribution >= 0.6 is 0 Å². The third-order valence-electron chi connectivity index (χ3n) is 4.49. The Bertz CT molecular complexity index is 289. The van der Waals surface area contributed by atoms with Crippen LogP contribution in [0, 0.1) is 0 Å². The number of nitrogens with zero attached hydrogens (tertiary/aromatic N) is 1. The van der Waals surface area contributed by atoms with Crippen LogP contribution in [0.5, 0.6) is 0 Å². The fourth-order valence-corrected chi connectivity index (χ4v) is 3.17. The molecule has 1 aliphatic carbocycles. The van der Waals surface area contributed by atoms with E-state index >= 15 is 0 Å². The van der Waals surface area contributed by atoms with E-state index in [1.54, 1.807) is 0 Å². The molecule has 4 nitrogen and oxygen atoms in total. The first-order chi connectivity index (χ1) is 8.69. The van der Waals surface area contributed by atoms with Gasteiger partial charge in [0.2, 0.25) is 0 Å². The maximum absolute atomic E-state index is 11.2. The molecule has 104 valence electrons. The van der Waals surface area contributed by atoms with Gasteiger partial charge in [-0.15, -0.1) is 0 Å². The van der Waals surface area contributed by atoms with Gasteiger partial charge in [0.25, 0.3) is 0 Å². The second kappa shape index (κ2) is 6.02. The molecule has 0 radical (unpaired) electrons. The van der Waals surface area contributed by atoms with Gasteiger partial charge in [0.15, 0.2) is 0 Å². The minimum atomic E-state index is -0.112. The molecule has 2 rings (SSSR count). The Hall–Kier alpha value is -0.610. The zero-order chi connectivity index (χ0) is 13.0. The summed E-state index contributed by atoms with van der Waals surface area (Å²) in [4.78, 5) is 13.7. The molecule has 18 heavy (non-hydrogen) atoms. The monoisotopic (exact) mass is 255 g/mol. The van der Waals surface area contributed by atoms with Crippen LogP contribution in [0.15, 0.2) is 0 Å². The minimum absolute atomic E-state index is 0.112. The Balaban J connectivity index is 1.84. The summed E-state index contributed by atoms with van der Waals surface area (Å²) in [6, 6.07) is 0.578. The Kier molecular flexibility index (Phi) is 4.62. The lowest BCUT2D eigenvalue weighted by Crippen LogP contribution is -2.52. The minimum Gasteiger partial charge on any atom is -0.469 e. The molecule has 0 aromatic carbocycles. The van der Waals surface area contributed by atoms with Crippen LogP contribution in [0.25, 0.3) is 0 Å². The zero-order valence-corrected chi connectivity index (χ0v) is 11.6. The molecule has 1 spiro atoms. The van der Waals surface area contributed by atoms with Gasteiger partial charge in [-0.1, -0.05) is 6.92 Å². The van der Waals surface area contributed by atoms with Crippen LogP contribution in [0.3, 0.4) is 0 Å². The molecule has 4 heteroatoms. The fourth-order valence-electron chi connectivity index (χ4n) is 3.17. The average Bonchev–Trinajstić information content (AvgIpc) is 2.37. The van der Waals surface area contributed by atoms with Crippen LogP contribution in [0.2, 0.25) is 0 Å². The number of hydrogen-bond donors (Lipinski definition) is 0. The molecule has 0 N–H and O–H groups in total. The predicted octanol–water partition coefficient (Wildman–Crippen LogP) is 1.97. The summed E-state index contributed by atoms with van der Waals surface area (Å²) < 4.78 is 10.7. The highest BCUT2D eigenvalue weighted by molar-refractivity contribution is 5.69. The second-order valence-corrected chi connectivity index (χ2v) is 5.49. The van der Waals surface area contributed by atoms with Gasteiger partial charge in [-0.2, -0.15) is 0 Å². The molecule has 0 aromatic rings. The number of rotatable bonds is 5. The molecule has 2 aliphatic rings. The van der Waals surface area contributed by atoms with E-state index in [4.69, 9.17) is 9.47 Å². The van der Waals surface area contributed by atoms with E-state index < -0.39 is 0 Å². The Morgan fingerprint density at radius 3 is 2.83 bits per heavy atom. The lowest BCUT2D eigenvalue weighted by molar-refractivity contribution is -0.150. The number of carbonyl (C=O) groups excluding carboxylic acids is 1. The number of methoxy groups -OCH3 is 1. The molecule has 0 amide bonds. The van der Waals surface area contributed by atoms with Crippen molar-refractivity contribution in [1.82, 2.24) is 4.90 Å². The highest BCUT2D eigenvalue weighted by Crippen LogP contribution is 2.43. The molecule has 0 bridgehead atoms. The molecule has 0 aromatic heterocycles. The number of carbonyl (C=O) groups is 1. The third kappa shape index (κ3) is 3.04. The van der Waals surface area contributed by atoms with Gasteiger partial charge in [0.05, 0.1) is 19.1 Å². The van der Waals surface area contributed by atoms with Gasteiger partial charge < -0.3 is 9.47 Å². The molecule has 1 saturated heterocycles. The van der Waals surface area contributed by atoms with E-state index in [0.29, 0.717) is 12.5 Å². The van der Waals surface area contributed by atoms with Crippen LogP contribution in [0.4, 0.5) is 0 Å². The summed E-state index contributed by atoms with van der Waals surface area (Å²) in [5.41, 5.74) is 0.182. The first kappa shape index (κ1) is 13.8. The smallest absolute Gasteiger partial charge is 0.306 e. The lowest BCUT2D eigenvalue weighted by Gasteiger charge is -2.49. The van der Waals surface area contributed by atoms with Crippen LogP contribution in [0.1, 0.15) is 45.4 Å². The second-order valence-electron chi connectivity index (χ2n) is 5.49. The average molecular weight is 255 g/mol. The Morgan fingerprint density at radius 1 is 1.50 bits per heavy atom. The van der Waals surface area contributed by atoms with Gasteiger partial charge in [-0.3, -0.25) is 9.69 Å². The number of ether oxygens (including phenoxy) is 2. The molecule has 1 saturated carbocycles. The molecule has 1 atom stereocenters. The maximum atomic E-state index is 11.2. The van der Waals surface area contributed by atoms with Gasteiger partial charge in [0.1, 0.15) is 0 Å². The summed E-state index contributed by atoms with van der Waals surface area (Å²) in [7, 11) is 1.45. The summed E-state index contributed by atoms with van der Waals surface area (Å²) in [5.74, 6) is -0.112. The molecule has 1 heterocycles. The van der Waals surface area contributed by atoms with Crippen LogP contribution in [-0.4, -0.2) is 49.3 Å². The largest absolute Gasteiger partial charge is 0.469 e. The normalized spacial score (nSPS) is 26.1. The van der Waals surface area contributed by atoms with Crippen molar-refractivity contribution in [2.24, 2.45) is 0 Å². The summed E-state index contributed by atoms with van der Waals surface area (Å²) in [5, 5.41) is 0. The SMILES string of the molecule is CCN(CCC(=O)OC)C1CCOC2(CCC2)C1. The zero-order valence-electron chi connectivity index (χ0n) is 11.6. The van der Waals surface area contributed by atoms with Gasteiger partial charge >= 0.3 is 5.97 Å². The lowest BCUT2D eigenvalue weighted by atomic mass is 9.73. The first-order valence-electron chi connectivity index (χ1n) is 7.14. The van der Waals surface area contributed by atoms with Crippen molar-refractivity contribution in [3.05, 3.63) is 0 Å². The fraction of sp³-hybridized carbons (Fsp3) is 0.929. The van der Waals surface area contributed by atoms with Gasteiger partial charge in [0, 0.05) is 19.2 Å². The van der Waals surface area contributed by atoms with E-state index in [9.17, 15) is 4.79 Å². The van der Waals surface area contributed by atoms with Crippen molar-refractivity contribution < 1.29 is 14.3 Å². The van der Waals surface area contributed by atoms with E-state index in [1.807, 2.05) is 0 Å². The first-order valence-corrected chi connectivity index (χ1v) is 7.14. The van der Waals surface area contributed by atoms with Gasteiger partial charge in [-0.25, -0.2) is 0 Å². The van der Waals surface area contributed by atoms with Crippen molar-refractivity contribution in [1.29, 1.82) is 0 Å². The molecule has 2 fully saturated rings. The molecule has 1 aliphatic heterocycles. The number of esters is 1. The third-order valence-corrected chi connectivity index (χ3v) is 4.49. The van der Waals surface area contributed by atoms with Crippen molar-refractivity contribution >= 4 is 5.97 Å². The Labute approximate surface area is 110 Å². The Morgan fingerprint density at radius 2 is 2.28 bits per heavy atom. The van der Waals surface area contributed by atoms with E-state index in [1.165, 1.54) is 26.4 Å². The topological polar surface area (TPSA) is 38.8 Å². The van der Waals surface area contributed by atoms with Crippen LogP contribution in [-0.2, 0) is 14.3 Å². The molecular formula is C14H25NO3. The van der Waals surface area contributed by atoms with E-state index in [-0.39, 0.29) is 11.6 Å². The maximum Gasteiger partial charge on any atom is 0.306 e. The highest BCUT2D eigenvalue weighted by atomic mass is 16.5. The number of hydrogen-bond acceptors (Lipinski definition) is 4. The summed E-state index contributed by atoms with van der Waals surface area (Å²) in [6.07, 6.45) is 6.48. The van der Waals surface area contributed by atoms with Crippen LogP contribution < -0.4 is 0 Å². The standard InChI is InChI=1S/C14H25NO3/c1-3-15(9-5-13(16)17-2)12-6-10-18-14(11-12)7-4-8-14/h12H,3-11H2,1-2H3. The quantitative estimate of drug-likeness (QED) is 0.704. The molecular weight excluding hydrogens is 230 g/mol. The van der Waals surface area contributed by atoms with E-state index in [0.717, 1.165) is 32.5 Å². The van der Waals surface area contributed by atoms with Crippen molar-refractivity contribution in [2.45, 2.75) is 57.1 Å². The molecule has 1 unspecified atom stereocenters. The summed E-state index contributed by atoms with van der Waals surface area (Å²) in [6.45, 7) is 4.85. The highest BCUT2D eigenvalue weighted by Gasteiger charge is 2.43. The van der Waals surface area contributed by atoms with Crippen molar-refractivity contribution in [2.75, 3.05) is 26.8 Å². The van der Waals surface area contributed by atoms with E-state index in [2.05, 4.69) is 11.8 Å². The van der Waals surface area contributed by atoms with Crippen molar-refractivity contribution in [3.8, 4) is 0 Å². The summed E-state index contributed by atoms with van der Waals surface area (Å²) >= 11 is 0. The predicted molar refractivity (Wildman–Crippen MR) is 69.4 cm³/mol. The van der Waals surface area contributed by atoms with Crippen molar-refractivity contribution in [3.63, 3.8) is 0 Å².